The van der Waals surface area contributed by atoms with E-state index in [0.717, 1.165) is 72.7 Å². The summed E-state index contributed by atoms with van der Waals surface area (Å²) >= 11 is 1.09. The number of thiazole rings is 1. The number of pyridine rings is 1. The maximum absolute atomic E-state index is 13.2. The smallest absolute Gasteiger partial charge is 0.416 e. The zero-order chi connectivity index (χ0) is 94.3. The number of hydrogen-bond acceptors (Lipinski definition) is 5. The summed E-state index contributed by atoms with van der Waals surface area (Å²) in [5.41, 5.74) is 14.4. The first-order valence-electron chi connectivity index (χ1n) is 42.2. The summed E-state index contributed by atoms with van der Waals surface area (Å²) in [7, 11) is 0. The molecule has 9 aromatic rings. The predicted octanol–water partition coefficient (Wildman–Crippen LogP) is 36.1. The molecule has 0 saturated heterocycles. The molecule has 0 aliphatic carbocycles. The first kappa shape index (κ1) is 120. The first-order chi connectivity index (χ1) is 54.3. The average molecular weight is 1760 g/mol. The fraction of sp³-hybridized carbons (Fsp3) is 0.541. The summed E-state index contributed by atoms with van der Waals surface area (Å²) in [5, 5.41) is 0.754. The number of rotatable bonds is 8. The molecule has 0 fully saturated rings. The predicted molar refractivity (Wildman–Crippen MR) is 518 cm³/mol. The molecule has 2 heterocycles. The molecule has 124 heavy (non-hydrogen) atoms. The van der Waals surface area contributed by atoms with Crippen molar-refractivity contribution in [3.63, 3.8) is 0 Å². The third-order valence-corrected chi connectivity index (χ3v) is 20.5. The van der Waals surface area contributed by atoms with Crippen molar-refractivity contribution in [3.8, 4) is 11.5 Å². The van der Waals surface area contributed by atoms with E-state index in [1.165, 1.54) is 81.0 Å². The molecule has 9 rings (SSSR count). The van der Waals surface area contributed by atoms with Gasteiger partial charge in [-0.25, -0.2) is 26.9 Å². The van der Waals surface area contributed by atoms with Crippen LogP contribution in [0.4, 0.5) is 43.9 Å². The van der Waals surface area contributed by atoms with Gasteiger partial charge >= 0.3 is 12.3 Å². The molecule has 0 N–H and O–H groups in total. The third-order valence-electron chi connectivity index (χ3n) is 18.9. The standard InChI is InChI=1S/C14H22.C13H20O.C13H20.C12H15F3.C12H16F2O.C12H18.C11H13F3.C10H15N.C9H13F2NS.3CH4/c1-13(2,3)11-8-7-9-12(10-11)14(4,5)6;1-10(2)14-12-8-6-7-11(9-12)13(3,4)5;1-10(2)11-7-6-8-12(9-11)13(3,4)5;1-11(2,3)8-5-9(12(4,14)15)7-10(13)6-8;1-11(2,3)9-6-5-7-10(8-9)15-12(4,13)14;1-5-10-7-6-8-11(9-10)12(2,3)4;1-10(2,3)8-5-4-6-9(7-8)11(12,13)14;1-8-5-6-11-9(7-8)10(2,3)4;1-8(2,3)7-12-5-6(13-7)9(4,10)11;;;/h7-10H,1-6H3;6-10H,1-5H3;6-10H,1-5H3;5-7H,1-4H3;5-8H,1-4H3;6-9H,5H2,1-4H3;4-7H,1-3H3;5-7H,1-4H3;5H,1-4H3;3*1H4. The molecule has 0 spiro atoms. The molecule has 698 valence electrons. The van der Waals surface area contributed by atoms with Gasteiger partial charge in [-0.05, 0) is 198 Å². The highest BCUT2D eigenvalue weighted by molar-refractivity contribution is 7.11. The molecular formula is C109H164F10N2O2S. The molecule has 0 bridgehead atoms. The minimum Gasteiger partial charge on any atom is -0.491 e. The highest BCUT2D eigenvalue weighted by Crippen LogP contribution is 2.39. The van der Waals surface area contributed by atoms with Gasteiger partial charge in [-0.3, -0.25) is 4.98 Å². The van der Waals surface area contributed by atoms with E-state index in [1.807, 2.05) is 121 Å². The van der Waals surface area contributed by atoms with Crippen molar-refractivity contribution < 1.29 is 53.4 Å². The van der Waals surface area contributed by atoms with Crippen LogP contribution in [0.5, 0.6) is 11.5 Å². The number of nitrogens with zero attached hydrogens (tertiary/aromatic N) is 2. The van der Waals surface area contributed by atoms with Crippen LogP contribution in [0, 0.1) is 12.7 Å². The van der Waals surface area contributed by atoms with E-state index < -0.39 is 35.5 Å². The molecular weight excluding hydrogens is 1590 g/mol. The van der Waals surface area contributed by atoms with Crippen molar-refractivity contribution in [2.24, 2.45) is 0 Å². The van der Waals surface area contributed by atoms with Gasteiger partial charge in [-0.2, -0.15) is 22.0 Å². The summed E-state index contributed by atoms with van der Waals surface area (Å²) in [5.74, 6) is -4.58. The van der Waals surface area contributed by atoms with Crippen molar-refractivity contribution in [1.29, 1.82) is 0 Å². The maximum Gasteiger partial charge on any atom is 0.416 e. The van der Waals surface area contributed by atoms with E-state index in [4.69, 9.17) is 4.74 Å². The van der Waals surface area contributed by atoms with Crippen LogP contribution < -0.4 is 9.47 Å². The Morgan fingerprint density at radius 2 is 0.677 bits per heavy atom. The number of aryl methyl sites for hydroxylation is 2. The maximum atomic E-state index is 13.2. The number of halogens is 10. The Morgan fingerprint density at radius 3 is 1.00 bits per heavy atom. The Bertz CT molecular complexity index is 4350. The van der Waals surface area contributed by atoms with Gasteiger partial charge in [0.05, 0.1) is 21.6 Å². The Balaban J connectivity index is -0.00000133. The van der Waals surface area contributed by atoms with Crippen LogP contribution in [-0.4, -0.2) is 22.2 Å². The molecule has 7 aromatic carbocycles. The minimum absolute atomic E-state index is 0. The molecule has 2 aromatic heterocycles. The monoisotopic (exact) mass is 1760 g/mol. The SMILES string of the molecule is C.C.C.CC(C)(C)c1cc(F)cc(C(C)(F)F)c1.CC(C)(C)c1cccc(C(C)(C)C)c1.CC(C)(C)c1cccc(C(F)(F)F)c1.CC(C)(C)c1ncc(C(C)(F)F)s1.CC(C)Oc1cccc(C(C)(C)C)c1.CC(C)c1cccc(C(C)(C)C)c1.CC(F)(F)Oc1cccc(C(C)(C)C)c1.CCc1cccc(C(C)(C)C)c1.Cc1ccnc(C(C)(C)C)c1. The van der Waals surface area contributed by atoms with E-state index in [2.05, 4.69) is 264 Å². The highest BCUT2D eigenvalue weighted by atomic mass is 32.1. The van der Waals surface area contributed by atoms with Crippen molar-refractivity contribution in [2.75, 3.05) is 0 Å². The average Bonchev–Trinajstić information content (AvgIpc) is 1.81. The molecule has 0 amide bonds. The van der Waals surface area contributed by atoms with Gasteiger partial charge in [0.1, 0.15) is 17.3 Å². The van der Waals surface area contributed by atoms with Crippen LogP contribution in [0.1, 0.15) is 379 Å². The number of ether oxygens (including phenoxy) is 2. The molecule has 4 nitrogen and oxygen atoms in total. The lowest BCUT2D eigenvalue weighted by atomic mass is 9.81. The van der Waals surface area contributed by atoms with Gasteiger partial charge in [0, 0.05) is 55.3 Å². The normalized spacial score (nSPS) is 12.2. The second kappa shape index (κ2) is 48.4. The molecule has 0 aliphatic heterocycles. The quantitative estimate of drug-likeness (QED) is 0.142. The zero-order valence-electron chi connectivity index (χ0n) is 81.2. The molecule has 0 saturated carbocycles. The topological polar surface area (TPSA) is 44.2 Å². The Labute approximate surface area is 752 Å². The van der Waals surface area contributed by atoms with Crippen molar-refractivity contribution in [3.05, 3.63) is 282 Å². The largest absolute Gasteiger partial charge is 0.491 e. The summed E-state index contributed by atoms with van der Waals surface area (Å²) in [4.78, 5) is 8.34. The number of benzene rings is 7. The van der Waals surface area contributed by atoms with Crippen LogP contribution in [0.2, 0.25) is 0 Å². The van der Waals surface area contributed by atoms with E-state index in [9.17, 15) is 43.9 Å². The Morgan fingerprint density at radius 1 is 0.339 bits per heavy atom. The minimum atomic E-state index is -4.25. The summed E-state index contributed by atoms with van der Waals surface area (Å²) in [6.07, 6.45) is -2.87. The van der Waals surface area contributed by atoms with Gasteiger partial charge < -0.3 is 9.47 Å². The van der Waals surface area contributed by atoms with Gasteiger partial charge in [-0.15, -0.1) is 11.3 Å². The number of alkyl halides is 9. The van der Waals surface area contributed by atoms with Crippen LogP contribution in [0.3, 0.4) is 0 Å². The van der Waals surface area contributed by atoms with Crippen molar-refractivity contribution in [2.45, 2.75) is 389 Å². The van der Waals surface area contributed by atoms with Gasteiger partial charge in [-0.1, -0.05) is 366 Å². The van der Waals surface area contributed by atoms with E-state index in [-0.39, 0.29) is 98.7 Å². The second-order valence-corrected chi connectivity index (χ2v) is 43.4. The second-order valence-electron chi connectivity index (χ2n) is 42.4. The van der Waals surface area contributed by atoms with Crippen LogP contribution >= 0.6 is 11.3 Å². The summed E-state index contributed by atoms with van der Waals surface area (Å²) in [6.45, 7) is 78.7. The van der Waals surface area contributed by atoms with Crippen molar-refractivity contribution >= 4 is 11.3 Å². The van der Waals surface area contributed by atoms with E-state index >= 15 is 0 Å². The number of aromatic nitrogens is 2. The Hall–Kier alpha value is -7.78. The fourth-order valence-electron chi connectivity index (χ4n) is 10.8. The molecule has 0 atom stereocenters. The lowest BCUT2D eigenvalue weighted by Gasteiger charge is -2.24. The number of hydrogen-bond donors (Lipinski definition) is 0. The lowest BCUT2D eigenvalue weighted by molar-refractivity contribution is -0.159. The zero-order valence-corrected chi connectivity index (χ0v) is 82.0. The molecule has 15 heteroatoms. The third kappa shape index (κ3) is 47.1. The highest BCUT2D eigenvalue weighted by Gasteiger charge is 2.33. The Kier molecular flexibility index (Phi) is 47.0. The summed E-state index contributed by atoms with van der Waals surface area (Å²) in [6, 6.07) is 55.0. The van der Waals surface area contributed by atoms with Crippen molar-refractivity contribution in [1.82, 2.24) is 9.97 Å². The molecule has 0 aliphatic rings. The van der Waals surface area contributed by atoms with Crippen LogP contribution in [0.15, 0.2) is 188 Å². The van der Waals surface area contributed by atoms with E-state index in [1.54, 1.807) is 18.2 Å². The lowest BCUT2D eigenvalue weighted by Crippen LogP contribution is -2.19. The summed E-state index contributed by atoms with van der Waals surface area (Å²) < 4.78 is 137. The van der Waals surface area contributed by atoms with Crippen LogP contribution in [-0.2, 0) is 78.6 Å². The molecule has 0 unspecified atom stereocenters. The first-order valence-corrected chi connectivity index (χ1v) is 43.0. The van der Waals surface area contributed by atoms with Gasteiger partial charge in [0.2, 0.25) is 0 Å². The fourth-order valence-corrected chi connectivity index (χ4v) is 11.7. The van der Waals surface area contributed by atoms with Gasteiger partial charge in [0.25, 0.3) is 11.8 Å². The molecule has 0 radical (unpaired) electrons. The van der Waals surface area contributed by atoms with Gasteiger partial charge in [0.15, 0.2) is 0 Å². The van der Waals surface area contributed by atoms with E-state index in [0.29, 0.717) is 17.0 Å². The van der Waals surface area contributed by atoms with Crippen LogP contribution in [0.25, 0.3) is 0 Å².